The first-order valence-electron chi connectivity index (χ1n) is 4.87. The molecule has 1 heteroatoms. The zero-order chi connectivity index (χ0) is 9.09. The van der Waals surface area contributed by atoms with Crippen molar-refractivity contribution in [3.63, 3.8) is 0 Å². The Kier molecular flexibility index (Phi) is 1.40. The van der Waals surface area contributed by atoms with E-state index < -0.39 is 0 Å². The van der Waals surface area contributed by atoms with Crippen LogP contribution in [0.4, 0.5) is 0 Å². The third-order valence-electron chi connectivity index (χ3n) is 3.90. The molecule has 1 nitrogen and oxygen atoms in total. The van der Waals surface area contributed by atoms with Crippen LogP contribution in [0.2, 0.25) is 0 Å². The molecule has 0 saturated carbocycles. The molecule has 2 rings (SSSR count). The van der Waals surface area contributed by atoms with Gasteiger partial charge in [-0.05, 0) is 18.4 Å². The maximum absolute atomic E-state index is 5.84. The minimum atomic E-state index is 0.279. The molecule has 0 aromatic rings. The van der Waals surface area contributed by atoms with E-state index in [1.807, 2.05) is 0 Å². The minimum Gasteiger partial charge on any atom is -0.494 e. The topological polar surface area (TPSA) is 9.23 Å². The standard InChI is InChI=1S/C11H18O/c1-6-7(2)10-9(6)11(4,5)8(3)12-10/h6-8H,1-5H3. The van der Waals surface area contributed by atoms with Crippen LogP contribution in [0.3, 0.4) is 0 Å². The lowest BCUT2D eigenvalue weighted by molar-refractivity contribution is 0.0845. The summed E-state index contributed by atoms with van der Waals surface area (Å²) in [5.41, 5.74) is 1.85. The van der Waals surface area contributed by atoms with Crippen molar-refractivity contribution in [2.75, 3.05) is 0 Å². The van der Waals surface area contributed by atoms with E-state index in [9.17, 15) is 0 Å². The van der Waals surface area contributed by atoms with Crippen LogP contribution in [-0.4, -0.2) is 6.10 Å². The lowest BCUT2D eigenvalue weighted by Crippen LogP contribution is -2.32. The molecule has 1 heterocycles. The van der Waals surface area contributed by atoms with Gasteiger partial charge in [-0.15, -0.1) is 0 Å². The van der Waals surface area contributed by atoms with Gasteiger partial charge in [0.1, 0.15) is 6.10 Å². The highest BCUT2D eigenvalue weighted by atomic mass is 16.5. The van der Waals surface area contributed by atoms with Crippen molar-refractivity contribution in [1.29, 1.82) is 0 Å². The first-order valence-corrected chi connectivity index (χ1v) is 4.87. The summed E-state index contributed by atoms with van der Waals surface area (Å²) < 4.78 is 5.84. The van der Waals surface area contributed by atoms with Gasteiger partial charge < -0.3 is 4.74 Å². The molecule has 1 aliphatic heterocycles. The third kappa shape index (κ3) is 0.699. The molecule has 0 spiro atoms. The molecule has 68 valence electrons. The summed E-state index contributed by atoms with van der Waals surface area (Å²) in [7, 11) is 0. The Morgan fingerprint density at radius 2 is 1.67 bits per heavy atom. The van der Waals surface area contributed by atoms with Crippen molar-refractivity contribution in [2.24, 2.45) is 17.3 Å². The van der Waals surface area contributed by atoms with Crippen LogP contribution < -0.4 is 0 Å². The number of allylic oxidation sites excluding steroid dienone is 1. The lowest BCUT2D eigenvalue weighted by atomic mass is 9.64. The molecule has 12 heavy (non-hydrogen) atoms. The molecule has 2 aliphatic rings. The lowest BCUT2D eigenvalue weighted by Gasteiger charge is -2.37. The van der Waals surface area contributed by atoms with Crippen LogP contribution in [0.1, 0.15) is 34.6 Å². The minimum absolute atomic E-state index is 0.279. The van der Waals surface area contributed by atoms with Gasteiger partial charge in [-0.2, -0.15) is 0 Å². The van der Waals surface area contributed by atoms with Crippen molar-refractivity contribution in [3.8, 4) is 0 Å². The van der Waals surface area contributed by atoms with Gasteiger partial charge in [0.2, 0.25) is 0 Å². The fraction of sp³-hybridized carbons (Fsp3) is 0.818. The van der Waals surface area contributed by atoms with E-state index in [1.165, 1.54) is 5.76 Å². The second-order valence-corrected chi connectivity index (χ2v) is 4.84. The van der Waals surface area contributed by atoms with Crippen LogP contribution in [0.5, 0.6) is 0 Å². The number of hydrogen-bond acceptors (Lipinski definition) is 1. The van der Waals surface area contributed by atoms with Crippen molar-refractivity contribution in [1.82, 2.24) is 0 Å². The van der Waals surface area contributed by atoms with Crippen molar-refractivity contribution in [3.05, 3.63) is 11.3 Å². The first-order chi connectivity index (χ1) is 5.46. The molecule has 0 saturated heterocycles. The monoisotopic (exact) mass is 166 g/mol. The summed E-state index contributed by atoms with van der Waals surface area (Å²) in [6, 6.07) is 0. The summed E-state index contributed by atoms with van der Waals surface area (Å²) >= 11 is 0. The Hall–Kier alpha value is -0.460. The predicted molar refractivity (Wildman–Crippen MR) is 49.7 cm³/mol. The number of hydrogen-bond donors (Lipinski definition) is 0. The second kappa shape index (κ2) is 2.07. The zero-order valence-corrected chi connectivity index (χ0v) is 8.64. The fourth-order valence-corrected chi connectivity index (χ4v) is 2.48. The summed E-state index contributed by atoms with van der Waals surface area (Å²) in [5, 5.41) is 0. The van der Waals surface area contributed by atoms with E-state index in [2.05, 4.69) is 34.6 Å². The molecule has 0 fully saturated rings. The van der Waals surface area contributed by atoms with Gasteiger partial charge in [0.15, 0.2) is 0 Å². The molecule has 3 unspecified atom stereocenters. The molecule has 0 radical (unpaired) electrons. The van der Waals surface area contributed by atoms with Crippen molar-refractivity contribution < 1.29 is 4.74 Å². The van der Waals surface area contributed by atoms with Gasteiger partial charge in [-0.25, -0.2) is 0 Å². The van der Waals surface area contributed by atoms with Gasteiger partial charge in [0.05, 0.1) is 5.76 Å². The van der Waals surface area contributed by atoms with E-state index in [0.29, 0.717) is 12.0 Å². The highest BCUT2D eigenvalue weighted by Gasteiger charge is 2.51. The molecule has 0 aromatic carbocycles. The fourth-order valence-electron chi connectivity index (χ4n) is 2.48. The van der Waals surface area contributed by atoms with Crippen LogP contribution >= 0.6 is 0 Å². The molecule has 3 atom stereocenters. The number of ether oxygens (including phenoxy) is 1. The highest BCUT2D eigenvalue weighted by Crippen LogP contribution is 2.56. The molecule has 0 bridgehead atoms. The molecule has 0 aromatic heterocycles. The smallest absolute Gasteiger partial charge is 0.104 e. The van der Waals surface area contributed by atoms with Crippen LogP contribution in [0.15, 0.2) is 11.3 Å². The molecular formula is C11H18O. The Morgan fingerprint density at radius 1 is 1.08 bits per heavy atom. The van der Waals surface area contributed by atoms with Crippen LogP contribution in [0, 0.1) is 17.3 Å². The maximum atomic E-state index is 5.84. The summed E-state index contributed by atoms with van der Waals surface area (Å²) in [6.45, 7) is 11.3. The van der Waals surface area contributed by atoms with Gasteiger partial charge in [-0.3, -0.25) is 0 Å². The predicted octanol–water partition coefficient (Wildman–Crippen LogP) is 2.97. The van der Waals surface area contributed by atoms with Crippen molar-refractivity contribution in [2.45, 2.75) is 40.7 Å². The number of rotatable bonds is 0. The van der Waals surface area contributed by atoms with Gasteiger partial charge >= 0.3 is 0 Å². The average molecular weight is 166 g/mol. The SMILES string of the molecule is CC1C2=C(C1C)C(C)(C)C(C)O2. The van der Waals surface area contributed by atoms with E-state index in [4.69, 9.17) is 4.74 Å². The first kappa shape index (κ1) is 8.15. The third-order valence-corrected chi connectivity index (χ3v) is 3.90. The Bertz CT molecular complexity index is 250. The zero-order valence-electron chi connectivity index (χ0n) is 8.64. The Morgan fingerprint density at radius 3 is 2.17 bits per heavy atom. The van der Waals surface area contributed by atoms with Crippen molar-refractivity contribution >= 4 is 0 Å². The van der Waals surface area contributed by atoms with E-state index in [-0.39, 0.29) is 5.41 Å². The van der Waals surface area contributed by atoms with Gasteiger partial charge in [-0.1, -0.05) is 27.7 Å². The summed E-state index contributed by atoms with van der Waals surface area (Å²) in [6.07, 6.45) is 0.370. The average Bonchev–Trinajstić information content (AvgIpc) is 2.21. The van der Waals surface area contributed by atoms with E-state index in [1.54, 1.807) is 5.57 Å². The molecule has 0 N–H and O–H groups in total. The Balaban J connectivity index is 2.37. The van der Waals surface area contributed by atoms with E-state index >= 15 is 0 Å². The second-order valence-electron chi connectivity index (χ2n) is 4.84. The molecule has 0 amide bonds. The summed E-state index contributed by atoms with van der Waals surface area (Å²) in [4.78, 5) is 0. The van der Waals surface area contributed by atoms with E-state index in [0.717, 1.165) is 5.92 Å². The highest BCUT2D eigenvalue weighted by molar-refractivity contribution is 5.36. The molecular weight excluding hydrogens is 148 g/mol. The van der Waals surface area contributed by atoms with Crippen LogP contribution in [0.25, 0.3) is 0 Å². The summed E-state index contributed by atoms with van der Waals surface area (Å²) in [5.74, 6) is 2.68. The van der Waals surface area contributed by atoms with Gasteiger partial charge in [0, 0.05) is 11.3 Å². The van der Waals surface area contributed by atoms with Gasteiger partial charge in [0.25, 0.3) is 0 Å². The normalized spacial score (nSPS) is 43.6. The quantitative estimate of drug-likeness (QED) is 0.537. The largest absolute Gasteiger partial charge is 0.494 e. The Labute approximate surface area is 74.8 Å². The maximum Gasteiger partial charge on any atom is 0.104 e. The van der Waals surface area contributed by atoms with Crippen LogP contribution in [-0.2, 0) is 4.74 Å². The molecule has 1 aliphatic carbocycles.